The van der Waals surface area contributed by atoms with Gasteiger partial charge < -0.3 is 4.12 Å². The predicted octanol–water partition coefficient (Wildman–Crippen LogP) is 7.62. The lowest BCUT2D eigenvalue weighted by Gasteiger charge is -2.33. The van der Waals surface area contributed by atoms with E-state index in [-0.39, 0.29) is 0 Å². The topological polar surface area (TPSA) is 9.23 Å². The van der Waals surface area contributed by atoms with Gasteiger partial charge in [0.2, 0.25) is 0 Å². The van der Waals surface area contributed by atoms with Crippen LogP contribution in [-0.2, 0) is 4.12 Å². The first-order valence-electron chi connectivity index (χ1n) is 10.00. The third-order valence-corrected chi connectivity index (χ3v) is 12.0. The number of benzene rings is 2. The molecule has 2 rings (SSSR count). The van der Waals surface area contributed by atoms with Crippen molar-refractivity contribution in [3.63, 3.8) is 0 Å². The Hall–Kier alpha value is -1.69. The van der Waals surface area contributed by atoms with E-state index in [4.69, 9.17) is 4.12 Å². The molecule has 2 aromatic rings. The summed E-state index contributed by atoms with van der Waals surface area (Å²) in [6, 6.07) is 23.4. The molecule has 1 nitrogen and oxygen atoms in total. The summed E-state index contributed by atoms with van der Waals surface area (Å²) in [5, 5.41) is 0. The van der Waals surface area contributed by atoms with Crippen molar-refractivity contribution in [1.29, 1.82) is 0 Å². The summed E-state index contributed by atoms with van der Waals surface area (Å²) in [7, 11) is -3.23. The minimum atomic E-state index is -1.61. The van der Waals surface area contributed by atoms with E-state index in [9.17, 15) is 0 Å². The minimum Gasteiger partial charge on any atom is -0.455 e. The summed E-state index contributed by atoms with van der Waals surface area (Å²) in [4.78, 5) is 0. The van der Waals surface area contributed by atoms with Crippen molar-refractivity contribution in [3.8, 4) is 0 Å². The summed E-state index contributed by atoms with van der Waals surface area (Å²) in [5.74, 6) is 0. The molecule has 0 aliphatic rings. The maximum Gasteiger partial charge on any atom is 0.173 e. The van der Waals surface area contributed by atoms with Gasteiger partial charge >= 0.3 is 0 Å². The lowest BCUT2D eigenvalue weighted by Crippen LogP contribution is -2.44. The first-order valence-corrected chi connectivity index (χ1v) is 16.2. The predicted molar refractivity (Wildman–Crippen MR) is 126 cm³/mol. The second-order valence-corrected chi connectivity index (χ2v) is 17.2. The first kappa shape index (κ1) is 21.6. The van der Waals surface area contributed by atoms with Crippen LogP contribution in [0.1, 0.15) is 24.0 Å². The SMILES string of the molecule is C[Si](C)(CCC=Cc1ccccc1)O[Si](C)(C)CCC=Cc1ccccc1. The molecule has 0 saturated carbocycles. The fraction of sp³-hybridized carbons (Fsp3) is 0.333. The van der Waals surface area contributed by atoms with Gasteiger partial charge in [0.15, 0.2) is 16.6 Å². The van der Waals surface area contributed by atoms with Gasteiger partial charge in [-0.15, -0.1) is 0 Å². The number of allylic oxidation sites excluding steroid dienone is 2. The number of rotatable bonds is 10. The summed E-state index contributed by atoms with van der Waals surface area (Å²) in [6.45, 7) is 9.49. The molecule has 3 heteroatoms. The van der Waals surface area contributed by atoms with E-state index in [2.05, 4.69) is 111 Å². The van der Waals surface area contributed by atoms with Gasteiger partial charge in [0.1, 0.15) is 0 Å². The molecule has 0 spiro atoms. The average Bonchev–Trinajstić information content (AvgIpc) is 2.63. The molecule has 0 aliphatic carbocycles. The van der Waals surface area contributed by atoms with Crippen LogP contribution in [0, 0.1) is 0 Å². The molecule has 144 valence electrons. The molecule has 0 saturated heterocycles. The third kappa shape index (κ3) is 9.18. The van der Waals surface area contributed by atoms with Crippen molar-refractivity contribution in [2.45, 2.75) is 51.1 Å². The van der Waals surface area contributed by atoms with Crippen molar-refractivity contribution in [3.05, 3.63) is 83.9 Å². The van der Waals surface area contributed by atoms with Gasteiger partial charge in [0, 0.05) is 0 Å². The first-order chi connectivity index (χ1) is 12.9. The van der Waals surface area contributed by atoms with Gasteiger partial charge in [-0.2, -0.15) is 0 Å². The largest absolute Gasteiger partial charge is 0.455 e. The lowest BCUT2D eigenvalue weighted by molar-refractivity contribution is 0.537. The Kier molecular flexibility index (Phi) is 8.48. The molecule has 0 radical (unpaired) electrons. The minimum absolute atomic E-state index is 1.10. The summed E-state index contributed by atoms with van der Waals surface area (Å²) in [5.41, 5.74) is 2.55. The number of hydrogen-bond donors (Lipinski definition) is 0. The van der Waals surface area contributed by atoms with E-state index in [1.807, 2.05) is 0 Å². The zero-order valence-corrected chi connectivity index (χ0v) is 19.3. The molecule has 0 aromatic heterocycles. The molecule has 0 bridgehead atoms. The fourth-order valence-electron chi connectivity index (χ4n) is 3.28. The fourth-order valence-corrected chi connectivity index (χ4v) is 11.8. The second kappa shape index (κ2) is 10.6. The molecule has 27 heavy (non-hydrogen) atoms. The van der Waals surface area contributed by atoms with E-state index in [0.29, 0.717) is 0 Å². The highest BCUT2D eigenvalue weighted by Gasteiger charge is 2.31. The van der Waals surface area contributed by atoms with Gasteiger partial charge in [0.25, 0.3) is 0 Å². The van der Waals surface area contributed by atoms with Crippen LogP contribution in [-0.4, -0.2) is 16.6 Å². The van der Waals surface area contributed by atoms with Crippen molar-refractivity contribution < 1.29 is 4.12 Å². The van der Waals surface area contributed by atoms with Crippen LogP contribution in [0.15, 0.2) is 72.8 Å². The van der Waals surface area contributed by atoms with Crippen LogP contribution < -0.4 is 0 Å². The Morgan fingerprint density at radius 1 is 0.630 bits per heavy atom. The molecule has 0 aliphatic heterocycles. The Morgan fingerprint density at radius 3 is 1.37 bits per heavy atom. The van der Waals surface area contributed by atoms with E-state index in [0.717, 1.165) is 12.8 Å². The van der Waals surface area contributed by atoms with E-state index in [1.54, 1.807) is 0 Å². The Morgan fingerprint density at radius 2 is 1.00 bits per heavy atom. The zero-order chi connectivity index (χ0) is 19.6. The average molecular weight is 395 g/mol. The van der Waals surface area contributed by atoms with Gasteiger partial charge in [-0.25, -0.2) is 0 Å². The lowest BCUT2D eigenvalue weighted by atomic mass is 10.2. The molecular weight excluding hydrogens is 360 g/mol. The van der Waals surface area contributed by atoms with E-state index < -0.39 is 16.6 Å². The molecule has 2 aromatic carbocycles. The normalized spacial score (nSPS) is 12.9. The summed E-state index contributed by atoms with van der Waals surface area (Å²) < 4.78 is 6.74. The Bertz CT molecular complexity index is 655. The van der Waals surface area contributed by atoms with Gasteiger partial charge in [-0.3, -0.25) is 0 Å². The van der Waals surface area contributed by atoms with Crippen molar-refractivity contribution in [2.24, 2.45) is 0 Å². The number of hydrogen-bond acceptors (Lipinski definition) is 1. The van der Waals surface area contributed by atoms with E-state index in [1.165, 1.54) is 23.2 Å². The van der Waals surface area contributed by atoms with Crippen LogP contribution in [0.25, 0.3) is 12.2 Å². The standard InChI is InChI=1S/C24H34OSi2/c1-26(2,21-13-11-19-23-15-7-5-8-16-23)25-27(3,4)22-14-12-20-24-17-9-6-10-18-24/h5-12,15-20H,13-14,21-22H2,1-4H3. The Labute approximate surface area is 168 Å². The Balaban J connectivity index is 1.75. The molecule has 0 atom stereocenters. The van der Waals surface area contributed by atoms with Crippen LogP contribution >= 0.6 is 0 Å². The highest BCUT2D eigenvalue weighted by molar-refractivity contribution is 6.84. The third-order valence-electron chi connectivity index (χ3n) is 4.60. The summed E-state index contributed by atoms with van der Waals surface area (Å²) in [6.07, 6.45) is 11.2. The quantitative estimate of drug-likeness (QED) is 0.376. The molecule has 0 fully saturated rings. The van der Waals surface area contributed by atoms with Crippen LogP contribution in [0.4, 0.5) is 0 Å². The smallest absolute Gasteiger partial charge is 0.173 e. The molecule has 0 heterocycles. The molecule has 0 N–H and O–H groups in total. The van der Waals surface area contributed by atoms with Crippen LogP contribution in [0.5, 0.6) is 0 Å². The summed E-state index contributed by atoms with van der Waals surface area (Å²) >= 11 is 0. The second-order valence-electron chi connectivity index (χ2n) is 8.32. The van der Waals surface area contributed by atoms with Crippen molar-refractivity contribution in [2.75, 3.05) is 0 Å². The highest BCUT2D eigenvalue weighted by Crippen LogP contribution is 2.24. The van der Waals surface area contributed by atoms with Crippen LogP contribution in [0.3, 0.4) is 0 Å². The molecule has 0 unspecified atom stereocenters. The highest BCUT2D eigenvalue weighted by atomic mass is 28.4. The van der Waals surface area contributed by atoms with Gasteiger partial charge in [-0.1, -0.05) is 85.0 Å². The van der Waals surface area contributed by atoms with Gasteiger partial charge in [-0.05, 0) is 62.2 Å². The van der Waals surface area contributed by atoms with Crippen LogP contribution in [0.2, 0.25) is 38.3 Å². The molecule has 0 amide bonds. The molecular formula is C24H34OSi2. The zero-order valence-electron chi connectivity index (χ0n) is 17.3. The van der Waals surface area contributed by atoms with Gasteiger partial charge in [0.05, 0.1) is 0 Å². The monoisotopic (exact) mass is 394 g/mol. The maximum atomic E-state index is 6.74. The van der Waals surface area contributed by atoms with Crippen molar-refractivity contribution >= 4 is 28.8 Å². The van der Waals surface area contributed by atoms with E-state index >= 15 is 0 Å². The maximum absolute atomic E-state index is 6.74. The van der Waals surface area contributed by atoms with Crippen molar-refractivity contribution in [1.82, 2.24) is 0 Å².